The molecule has 0 radical (unpaired) electrons. The molecule has 0 spiro atoms. The van der Waals surface area contributed by atoms with Gasteiger partial charge in [-0.2, -0.15) is 5.10 Å². The molecule has 0 saturated heterocycles. The average Bonchev–Trinajstić information content (AvgIpc) is 2.46. The first-order chi connectivity index (χ1) is 10.5. The summed E-state index contributed by atoms with van der Waals surface area (Å²) in [6.45, 7) is -0.234. The third-order valence-corrected chi connectivity index (χ3v) is 3.29. The number of carbonyl (C=O) groups excluding carboxylic acids is 1. The van der Waals surface area contributed by atoms with Crippen molar-refractivity contribution in [2.75, 3.05) is 6.61 Å². The summed E-state index contributed by atoms with van der Waals surface area (Å²) >= 11 is 9.23. The molecule has 2 rings (SSSR count). The Hall–Kier alpha value is -1.92. The van der Waals surface area contributed by atoms with Gasteiger partial charge in [0.15, 0.2) is 6.61 Å². The maximum absolute atomic E-state index is 12.9. The molecule has 2 aromatic carbocycles. The zero-order valence-corrected chi connectivity index (χ0v) is 13.6. The van der Waals surface area contributed by atoms with E-state index >= 15 is 0 Å². The molecule has 0 bridgehead atoms. The lowest BCUT2D eigenvalue weighted by Gasteiger charge is -2.07. The van der Waals surface area contributed by atoms with E-state index in [9.17, 15) is 9.18 Å². The summed E-state index contributed by atoms with van der Waals surface area (Å²) in [5, 5.41) is 4.11. The summed E-state index contributed by atoms with van der Waals surface area (Å²) in [6, 6.07) is 10.9. The Morgan fingerprint density at radius 2 is 2.18 bits per heavy atom. The van der Waals surface area contributed by atoms with Crippen LogP contribution in [-0.4, -0.2) is 18.7 Å². The van der Waals surface area contributed by atoms with Crippen LogP contribution in [0.25, 0.3) is 0 Å². The maximum atomic E-state index is 12.9. The summed E-state index contributed by atoms with van der Waals surface area (Å²) in [4.78, 5) is 11.6. The van der Waals surface area contributed by atoms with E-state index in [-0.39, 0.29) is 12.4 Å². The van der Waals surface area contributed by atoms with Crippen molar-refractivity contribution in [2.24, 2.45) is 5.10 Å². The third kappa shape index (κ3) is 5.13. The number of nitrogens with zero attached hydrogens (tertiary/aromatic N) is 1. The fraction of sp³-hybridized carbons (Fsp3) is 0.0667. The zero-order chi connectivity index (χ0) is 15.9. The van der Waals surface area contributed by atoms with Gasteiger partial charge in [-0.25, -0.2) is 9.82 Å². The molecule has 7 heteroatoms. The van der Waals surface area contributed by atoms with E-state index in [1.807, 2.05) is 0 Å². The normalized spacial score (nSPS) is 10.7. The van der Waals surface area contributed by atoms with E-state index in [0.29, 0.717) is 16.3 Å². The predicted octanol–water partition coefficient (Wildman–Crippen LogP) is 3.77. The van der Waals surface area contributed by atoms with Crippen molar-refractivity contribution in [1.29, 1.82) is 0 Å². The van der Waals surface area contributed by atoms with Crippen molar-refractivity contribution in [2.45, 2.75) is 0 Å². The monoisotopic (exact) mass is 384 g/mol. The van der Waals surface area contributed by atoms with Crippen molar-refractivity contribution >= 4 is 39.7 Å². The van der Waals surface area contributed by atoms with Gasteiger partial charge in [0.25, 0.3) is 5.91 Å². The first-order valence-electron chi connectivity index (χ1n) is 6.20. The maximum Gasteiger partial charge on any atom is 0.277 e. The molecular formula is C15H11BrClFN2O2. The highest BCUT2D eigenvalue weighted by molar-refractivity contribution is 9.10. The highest BCUT2D eigenvalue weighted by Crippen LogP contribution is 2.27. The smallest absolute Gasteiger partial charge is 0.277 e. The number of ether oxygens (including phenoxy) is 1. The number of hydrogen-bond donors (Lipinski definition) is 1. The quantitative estimate of drug-likeness (QED) is 0.629. The summed E-state index contributed by atoms with van der Waals surface area (Å²) in [6.07, 6.45) is 1.34. The third-order valence-electron chi connectivity index (χ3n) is 2.50. The van der Waals surface area contributed by atoms with Crippen LogP contribution in [0.2, 0.25) is 5.02 Å². The van der Waals surface area contributed by atoms with E-state index in [1.54, 1.807) is 30.3 Å². The molecule has 22 heavy (non-hydrogen) atoms. The Morgan fingerprint density at radius 1 is 1.36 bits per heavy atom. The molecule has 0 aliphatic rings. The van der Waals surface area contributed by atoms with Crippen LogP contribution in [-0.2, 0) is 4.79 Å². The molecule has 0 saturated carbocycles. The van der Waals surface area contributed by atoms with Crippen LogP contribution in [0.3, 0.4) is 0 Å². The molecule has 0 aliphatic carbocycles. The van der Waals surface area contributed by atoms with Gasteiger partial charge >= 0.3 is 0 Å². The second kappa shape index (κ2) is 7.91. The van der Waals surface area contributed by atoms with Crippen LogP contribution in [0, 0.1) is 5.82 Å². The molecule has 0 fully saturated rings. The molecule has 0 heterocycles. The van der Waals surface area contributed by atoms with Crippen LogP contribution in [0.5, 0.6) is 5.75 Å². The van der Waals surface area contributed by atoms with Gasteiger partial charge in [-0.3, -0.25) is 4.79 Å². The first-order valence-corrected chi connectivity index (χ1v) is 7.37. The number of rotatable bonds is 5. The Kier molecular flexibility index (Phi) is 5.91. The van der Waals surface area contributed by atoms with E-state index in [1.165, 1.54) is 18.3 Å². The van der Waals surface area contributed by atoms with Crippen LogP contribution in [0.1, 0.15) is 5.56 Å². The van der Waals surface area contributed by atoms with E-state index in [0.717, 1.165) is 4.47 Å². The molecule has 4 nitrogen and oxygen atoms in total. The number of amides is 1. The largest absolute Gasteiger partial charge is 0.482 e. The molecule has 0 unspecified atom stereocenters. The minimum absolute atomic E-state index is 0.234. The number of carbonyl (C=O) groups is 1. The lowest BCUT2D eigenvalue weighted by atomic mass is 10.2. The molecule has 1 N–H and O–H groups in total. The van der Waals surface area contributed by atoms with Crippen molar-refractivity contribution in [3.63, 3.8) is 0 Å². The van der Waals surface area contributed by atoms with Gasteiger partial charge in [0.05, 0.1) is 11.2 Å². The number of hydrazone groups is 1. The van der Waals surface area contributed by atoms with Crippen LogP contribution in [0.15, 0.2) is 52.0 Å². The number of benzene rings is 2. The van der Waals surface area contributed by atoms with Gasteiger partial charge in [-0.05, 0) is 35.9 Å². The van der Waals surface area contributed by atoms with Gasteiger partial charge in [-0.15, -0.1) is 0 Å². The summed E-state index contributed by atoms with van der Waals surface area (Å²) < 4.78 is 19.0. The Bertz CT molecular complexity index is 710. The number of nitrogens with one attached hydrogen (secondary N) is 1. The van der Waals surface area contributed by atoms with Gasteiger partial charge in [-0.1, -0.05) is 39.7 Å². The van der Waals surface area contributed by atoms with E-state index in [2.05, 4.69) is 26.5 Å². The standard InChI is InChI=1S/C15H11BrClFN2O2/c16-11-4-5-14(13(17)7-11)22-9-15(21)20-19-8-10-2-1-3-12(18)6-10/h1-8H,9H2,(H,20,21)/b19-8+. The molecule has 0 atom stereocenters. The molecule has 0 aliphatic heterocycles. The fourth-order valence-electron chi connectivity index (χ4n) is 1.53. The van der Waals surface area contributed by atoms with Crippen LogP contribution < -0.4 is 10.2 Å². The molecule has 2 aromatic rings. The van der Waals surface area contributed by atoms with Crippen molar-refractivity contribution in [3.05, 3.63) is 63.3 Å². The van der Waals surface area contributed by atoms with Crippen LogP contribution >= 0.6 is 27.5 Å². The van der Waals surface area contributed by atoms with Gasteiger partial charge in [0.1, 0.15) is 11.6 Å². The van der Waals surface area contributed by atoms with Gasteiger partial charge in [0, 0.05) is 4.47 Å². The fourth-order valence-corrected chi connectivity index (χ4v) is 2.26. The molecule has 114 valence electrons. The lowest BCUT2D eigenvalue weighted by Crippen LogP contribution is -2.24. The van der Waals surface area contributed by atoms with Crippen LogP contribution in [0.4, 0.5) is 4.39 Å². The van der Waals surface area contributed by atoms with Crippen molar-refractivity contribution in [1.82, 2.24) is 5.43 Å². The molecule has 1 amide bonds. The minimum Gasteiger partial charge on any atom is -0.482 e. The van der Waals surface area contributed by atoms with Gasteiger partial charge in [0.2, 0.25) is 0 Å². The minimum atomic E-state index is -0.452. The Labute approximate surface area is 140 Å². The Morgan fingerprint density at radius 3 is 2.91 bits per heavy atom. The highest BCUT2D eigenvalue weighted by atomic mass is 79.9. The Balaban J connectivity index is 1.83. The van der Waals surface area contributed by atoms with Gasteiger partial charge < -0.3 is 4.74 Å². The number of hydrogen-bond acceptors (Lipinski definition) is 3. The summed E-state index contributed by atoms with van der Waals surface area (Å²) in [5.74, 6) is -0.427. The summed E-state index contributed by atoms with van der Waals surface area (Å²) in [5.41, 5.74) is 2.82. The first kappa shape index (κ1) is 16.5. The van der Waals surface area contributed by atoms with E-state index in [4.69, 9.17) is 16.3 Å². The number of halogens is 3. The topological polar surface area (TPSA) is 50.7 Å². The SMILES string of the molecule is O=C(COc1ccc(Br)cc1Cl)N/N=C/c1cccc(F)c1. The van der Waals surface area contributed by atoms with E-state index < -0.39 is 5.91 Å². The van der Waals surface area contributed by atoms with Crippen molar-refractivity contribution in [3.8, 4) is 5.75 Å². The molecule has 0 aromatic heterocycles. The average molecular weight is 386 g/mol. The lowest BCUT2D eigenvalue weighted by molar-refractivity contribution is -0.123. The van der Waals surface area contributed by atoms with Crippen molar-refractivity contribution < 1.29 is 13.9 Å². The second-order valence-electron chi connectivity index (χ2n) is 4.21. The predicted molar refractivity (Wildman–Crippen MR) is 86.8 cm³/mol. The summed E-state index contributed by atoms with van der Waals surface area (Å²) in [7, 11) is 0. The molecular weight excluding hydrogens is 375 g/mol. The second-order valence-corrected chi connectivity index (χ2v) is 5.53. The zero-order valence-electron chi connectivity index (χ0n) is 11.2. The highest BCUT2D eigenvalue weighted by Gasteiger charge is 2.05.